The largest absolute Gasteiger partial charge is 0.450 e. The van der Waals surface area contributed by atoms with Crippen LogP contribution in [0.15, 0.2) is 0 Å². The van der Waals surface area contributed by atoms with Gasteiger partial charge in [-0.15, -0.1) is 0 Å². The maximum Gasteiger partial charge on any atom is 0.409 e. The van der Waals surface area contributed by atoms with Crippen molar-refractivity contribution in [1.29, 1.82) is 0 Å². The molecule has 5 heteroatoms. The molecule has 1 rings (SSSR count). The van der Waals surface area contributed by atoms with Gasteiger partial charge < -0.3 is 14.7 Å². The first-order chi connectivity index (χ1) is 6.15. The number of likely N-dealkylation sites (tertiary alicyclic amines) is 1. The molecule has 2 atom stereocenters. The van der Waals surface area contributed by atoms with E-state index < -0.39 is 6.10 Å². The van der Waals surface area contributed by atoms with Gasteiger partial charge in [0.15, 0.2) is 0 Å². The SMILES string of the molecule is [B][C@H]1CCN(C(=O)OCC)CC1O. The number of hydrogen-bond acceptors (Lipinski definition) is 3. The van der Waals surface area contributed by atoms with E-state index in [1.54, 1.807) is 6.92 Å². The van der Waals surface area contributed by atoms with E-state index in [1.807, 2.05) is 0 Å². The van der Waals surface area contributed by atoms with Crippen LogP contribution >= 0.6 is 0 Å². The number of nitrogens with zero attached hydrogens (tertiary/aromatic N) is 1. The maximum absolute atomic E-state index is 11.2. The fourth-order valence-corrected chi connectivity index (χ4v) is 1.33. The van der Waals surface area contributed by atoms with E-state index in [1.165, 1.54) is 4.90 Å². The zero-order valence-electron chi connectivity index (χ0n) is 7.77. The number of hydrogen-bond donors (Lipinski definition) is 1. The van der Waals surface area contributed by atoms with Crippen LogP contribution in [0, 0.1) is 0 Å². The van der Waals surface area contributed by atoms with Gasteiger partial charge in [0.25, 0.3) is 0 Å². The van der Waals surface area contributed by atoms with E-state index in [0.717, 1.165) is 0 Å². The Morgan fingerprint density at radius 1 is 1.77 bits per heavy atom. The summed E-state index contributed by atoms with van der Waals surface area (Å²) in [6, 6.07) is 0. The lowest BCUT2D eigenvalue weighted by Crippen LogP contribution is -2.45. The molecule has 0 aromatic heterocycles. The third kappa shape index (κ3) is 2.62. The minimum atomic E-state index is -0.627. The average Bonchev–Trinajstić information content (AvgIpc) is 2.10. The molecule has 1 saturated heterocycles. The van der Waals surface area contributed by atoms with Gasteiger partial charge in [0.2, 0.25) is 0 Å². The van der Waals surface area contributed by atoms with Crippen molar-refractivity contribution in [2.75, 3.05) is 19.7 Å². The standard InChI is InChI=1S/C8H14BNO3/c1-2-13-8(12)10-4-3-6(9)7(11)5-10/h6-7,11H,2-5H2,1H3/t6-,7?/m0/s1. The Hall–Kier alpha value is -0.705. The Kier molecular flexibility index (Phi) is 3.60. The van der Waals surface area contributed by atoms with Crippen molar-refractivity contribution in [3.05, 3.63) is 0 Å². The first kappa shape index (κ1) is 10.4. The summed E-state index contributed by atoms with van der Waals surface area (Å²) in [6.45, 7) is 2.96. The number of aliphatic hydroxyl groups is 1. The number of aliphatic hydroxyl groups excluding tert-OH is 1. The second kappa shape index (κ2) is 4.51. The molecule has 0 aromatic carbocycles. The molecule has 1 unspecified atom stereocenters. The van der Waals surface area contributed by atoms with E-state index in [-0.39, 0.29) is 18.5 Å². The molecule has 0 aliphatic carbocycles. The fourth-order valence-electron chi connectivity index (χ4n) is 1.33. The van der Waals surface area contributed by atoms with Crippen molar-refractivity contribution in [3.8, 4) is 0 Å². The number of β-amino-alcohol motifs (C(OH)–C–C–N with tert-alkyl or cyclic N) is 1. The topological polar surface area (TPSA) is 49.8 Å². The lowest BCUT2D eigenvalue weighted by atomic mass is 9.77. The van der Waals surface area contributed by atoms with Crippen molar-refractivity contribution >= 4 is 13.9 Å². The first-order valence-electron chi connectivity index (χ1n) is 4.50. The van der Waals surface area contributed by atoms with Gasteiger partial charge in [0.05, 0.1) is 20.6 Å². The summed E-state index contributed by atoms with van der Waals surface area (Å²) in [5.41, 5.74) is 0. The van der Waals surface area contributed by atoms with Gasteiger partial charge in [0, 0.05) is 13.1 Å². The highest BCUT2D eigenvalue weighted by molar-refractivity contribution is 6.12. The van der Waals surface area contributed by atoms with Crippen LogP contribution in [0.2, 0.25) is 5.82 Å². The summed E-state index contributed by atoms with van der Waals surface area (Å²) in [7, 11) is 5.59. The van der Waals surface area contributed by atoms with E-state index in [9.17, 15) is 9.90 Å². The van der Waals surface area contributed by atoms with Crippen LogP contribution in [0.1, 0.15) is 13.3 Å². The van der Waals surface area contributed by atoms with Crippen molar-refractivity contribution in [2.45, 2.75) is 25.3 Å². The highest BCUT2D eigenvalue weighted by Gasteiger charge is 2.27. The fraction of sp³-hybridized carbons (Fsp3) is 0.875. The quantitative estimate of drug-likeness (QED) is 0.589. The van der Waals surface area contributed by atoms with Crippen molar-refractivity contribution in [1.82, 2.24) is 4.90 Å². The zero-order valence-corrected chi connectivity index (χ0v) is 7.77. The maximum atomic E-state index is 11.2. The van der Waals surface area contributed by atoms with Crippen molar-refractivity contribution < 1.29 is 14.6 Å². The Balaban J connectivity index is 2.40. The highest BCUT2D eigenvalue weighted by atomic mass is 16.6. The number of amides is 1. The van der Waals surface area contributed by atoms with Crippen LogP contribution in [0.3, 0.4) is 0 Å². The molecule has 1 aliphatic rings. The predicted molar refractivity (Wildman–Crippen MR) is 48.7 cm³/mol. The van der Waals surface area contributed by atoms with Crippen LogP contribution in [-0.4, -0.2) is 49.7 Å². The molecule has 4 nitrogen and oxygen atoms in total. The number of piperidine rings is 1. The Labute approximate surface area is 79.3 Å². The molecule has 0 saturated carbocycles. The van der Waals surface area contributed by atoms with Gasteiger partial charge in [-0.2, -0.15) is 0 Å². The molecule has 1 heterocycles. The van der Waals surface area contributed by atoms with Crippen LogP contribution < -0.4 is 0 Å². The van der Waals surface area contributed by atoms with Crippen LogP contribution in [0.4, 0.5) is 4.79 Å². The van der Waals surface area contributed by atoms with Gasteiger partial charge in [-0.05, 0) is 19.2 Å². The summed E-state index contributed by atoms with van der Waals surface area (Å²) in [6.07, 6.45) is -0.369. The third-order valence-corrected chi connectivity index (χ3v) is 2.16. The van der Waals surface area contributed by atoms with Gasteiger partial charge in [-0.3, -0.25) is 0 Å². The van der Waals surface area contributed by atoms with E-state index in [4.69, 9.17) is 12.6 Å². The molecular weight excluding hydrogens is 169 g/mol. The molecule has 1 amide bonds. The normalized spacial score (nSPS) is 28.6. The lowest BCUT2D eigenvalue weighted by molar-refractivity contribution is 0.0518. The number of rotatable bonds is 1. The Morgan fingerprint density at radius 2 is 2.46 bits per heavy atom. The number of carbonyl (C=O) groups is 1. The molecule has 1 aliphatic heterocycles. The summed E-state index contributed by atoms with van der Waals surface area (Å²) in [4.78, 5) is 12.7. The lowest BCUT2D eigenvalue weighted by Gasteiger charge is -2.33. The van der Waals surface area contributed by atoms with Gasteiger partial charge in [-0.25, -0.2) is 4.79 Å². The monoisotopic (exact) mass is 183 g/mol. The van der Waals surface area contributed by atoms with Gasteiger partial charge >= 0.3 is 6.09 Å². The summed E-state index contributed by atoms with van der Waals surface area (Å²) in [5, 5.41) is 9.39. The number of carbonyl (C=O) groups excluding carboxylic acids is 1. The third-order valence-electron chi connectivity index (χ3n) is 2.16. The Bertz CT molecular complexity index is 188. The zero-order chi connectivity index (χ0) is 9.84. The van der Waals surface area contributed by atoms with Crippen LogP contribution in [0.5, 0.6) is 0 Å². The molecule has 1 fully saturated rings. The second-order valence-electron chi connectivity index (χ2n) is 3.16. The molecule has 0 aromatic rings. The molecule has 72 valence electrons. The van der Waals surface area contributed by atoms with Crippen molar-refractivity contribution in [3.63, 3.8) is 0 Å². The number of ether oxygens (including phenoxy) is 1. The average molecular weight is 183 g/mol. The molecule has 0 bridgehead atoms. The highest BCUT2D eigenvalue weighted by Crippen LogP contribution is 2.19. The predicted octanol–water partition coefficient (Wildman–Crippen LogP) is 0.166. The van der Waals surface area contributed by atoms with Gasteiger partial charge in [-0.1, -0.05) is 0 Å². The van der Waals surface area contributed by atoms with E-state index in [2.05, 4.69) is 0 Å². The van der Waals surface area contributed by atoms with Crippen LogP contribution in [0.25, 0.3) is 0 Å². The summed E-state index contributed by atoms with van der Waals surface area (Å²) in [5.74, 6) is -0.217. The molecule has 13 heavy (non-hydrogen) atoms. The first-order valence-corrected chi connectivity index (χ1v) is 4.50. The van der Waals surface area contributed by atoms with Crippen LogP contribution in [-0.2, 0) is 4.74 Å². The van der Waals surface area contributed by atoms with Crippen molar-refractivity contribution in [2.24, 2.45) is 0 Å². The molecule has 0 spiro atoms. The van der Waals surface area contributed by atoms with E-state index >= 15 is 0 Å². The smallest absolute Gasteiger partial charge is 0.409 e. The summed E-state index contributed by atoms with van der Waals surface area (Å²) < 4.78 is 4.80. The summed E-state index contributed by atoms with van der Waals surface area (Å²) >= 11 is 0. The van der Waals surface area contributed by atoms with E-state index in [0.29, 0.717) is 19.6 Å². The minimum Gasteiger partial charge on any atom is -0.450 e. The Morgan fingerprint density at radius 3 is 3.00 bits per heavy atom. The molecule has 1 N–H and O–H groups in total. The minimum absolute atomic E-state index is 0.217. The second-order valence-corrected chi connectivity index (χ2v) is 3.16. The van der Waals surface area contributed by atoms with Gasteiger partial charge in [0.1, 0.15) is 0 Å². The molecule has 2 radical (unpaired) electrons. The molecular formula is C8H14BNO3.